The summed E-state index contributed by atoms with van der Waals surface area (Å²) in [6.07, 6.45) is 3.19. The molecule has 20 heavy (non-hydrogen) atoms. The summed E-state index contributed by atoms with van der Waals surface area (Å²) in [7, 11) is 1.85. The third-order valence-corrected chi connectivity index (χ3v) is 2.88. The van der Waals surface area contributed by atoms with Gasteiger partial charge in [-0.25, -0.2) is 9.48 Å². The Morgan fingerprint density at radius 3 is 2.70 bits per heavy atom. The first-order valence-corrected chi connectivity index (χ1v) is 6.48. The van der Waals surface area contributed by atoms with Crippen molar-refractivity contribution < 1.29 is 9.53 Å². The molecule has 0 aliphatic rings. The zero-order chi connectivity index (χ0) is 14.9. The Morgan fingerprint density at radius 1 is 1.35 bits per heavy atom. The van der Waals surface area contributed by atoms with Crippen molar-refractivity contribution in [2.45, 2.75) is 33.3 Å². The van der Waals surface area contributed by atoms with Crippen LogP contribution in [0.5, 0.6) is 0 Å². The topological polar surface area (TPSA) is 57.0 Å². The van der Waals surface area contributed by atoms with Crippen LogP contribution in [0, 0.1) is 6.92 Å². The molecule has 5 heteroatoms. The fraction of sp³-hybridized carbons (Fsp3) is 0.400. The summed E-state index contributed by atoms with van der Waals surface area (Å²) in [4.78, 5) is 11.7. The van der Waals surface area contributed by atoms with Gasteiger partial charge in [0.25, 0.3) is 0 Å². The van der Waals surface area contributed by atoms with E-state index in [1.807, 2.05) is 46.9 Å². The van der Waals surface area contributed by atoms with E-state index in [4.69, 9.17) is 4.74 Å². The van der Waals surface area contributed by atoms with Gasteiger partial charge < -0.3 is 4.74 Å². The van der Waals surface area contributed by atoms with Gasteiger partial charge in [-0.3, -0.25) is 0 Å². The van der Waals surface area contributed by atoms with Crippen molar-refractivity contribution in [3.8, 4) is 0 Å². The van der Waals surface area contributed by atoms with Gasteiger partial charge in [-0.1, -0.05) is 11.3 Å². The Hall–Kier alpha value is -2.17. The quantitative estimate of drug-likeness (QED) is 0.623. The molecule has 2 rings (SSSR count). The highest BCUT2D eigenvalue weighted by molar-refractivity contribution is 5.89. The minimum Gasteiger partial charge on any atom is -0.457 e. The van der Waals surface area contributed by atoms with Crippen molar-refractivity contribution in [3.63, 3.8) is 0 Å². The molecule has 0 radical (unpaired) electrons. The zero-order valence-corrected chi connectivity index (χ0v) is 12.5. The van der Waals surface area contributed by atoms with Crippen LogP contribution in [0.15, 0.2) is 18.2 Å². The van der Waals surface area contributed by atoms with Crippen LogP contribution in [0.4, 0.5) is 0 Å². The van der Waals surface area contributed by atoms with Gasteiger partial charge in [0, 0.05) is 13.1 Å². The van der Waals surface area contributed by atoms with Crippen LogP contribution in [0.3, 0.4) is 0 Å². The van der Waals surface area contributed by atoms with Gasteiger partial charge in [-0.15, -0.1) is 5.10 Å². The van der Waals surface area contributed by atoms with E-state index >= 15 is 0 Å². The second-order valence-corrected chi connectivity index (χ2v) is 5.73. The number of fused-ring (bicyclic) bond motifs is 1. The predicted octanol–water partition coefficient (Wildman–Crippen LogP) is 2.63. The van der Waals surface area contributed by atoms with Gasteiger partial charge in [0.2, 0.25) is 0 Å². The summed E-state index contributed by atoms with van der Waals surface area (Å²) in [6.45, 7) is 7.49. The average Bonchev–Trinajstić information content (AvgIpc) is 2.69. The molecular formula is C15H19N3O2. The van der Waals surface area contributed by atoms with Gasteiger partial charge in [-0.2, -0.15) is 0 Å². The van der Waals surface area contributed by atoms with E-state index in [1.165, 1.54) is 6.08 Å². The molecule has 0 bridgehead atoms. The van der Waals surface area contributed by atoms with E-state index in [0.29, 0.717) is 0 Å². The van der Waals surface area contributed by atoms with Crippen LogP contribution in [0.25, 0.3) is 17.1 Å². The largest absolute Gasteiger partial charge is 0.457 e. The first kappa shape index (κ1) is 14.2. The Bertz CT molecular complexity index is 678. The molecule has 0 amide bonds. The Balaban J connectivity index is 2.26. The normalized spacial score (nSPS) is 12.2. The van der Waals surface area contributed by atoms with Crippen molar-refractivity contribution in [3.05, 3.63) is 29.3 Å². The highest BCUT2D eigenvalue weighted by atomic mass is 16.6. The smallest absolute Gasteiger partial charge is 0.331 e. The maximum atomic E-state index is 11.7. The lowest BCUT2D eigenvalue weighted by Gasteiger charge is -2.17. The molecule has 0 fully saturated rings. The van der Waals surface area contributed by atoms with E-state index in [2.05, 4.69) is 10.3 Å². The molecule has 0 aliphatic carbocycles. The lowest BCUT2D eigenvalue weighted by molar-refractivity contribution is -0.148. The Morgan fingerprint density at radius 2 is 2.05 bits per heavy atom. The number of hydrogen-bond donors (Lipinski definition) is 0. The first-order valence-electron chi connectivity index (χ1n) is 6.48. The van der Waals surface area contributed by atoms with E-state index in [0.717, 1.165) is 22.2 Å². The molecule has 1 aromatic heterocycles. The maximum absolute atomic E-state index is 11.7. The number of carbonyl (C=O) groups excluding carboxylic acids is 1. The lowest BCUT2D eigenvalue weighted by Crippen LogP contribution is -2.22. The molecule has 1 aromatic carbocycles. The van der Waals surface area contributed by atoms with Crippen LogP contribution >= 0.6 is 0 Å². The van der Waals surface area contributed by atoms with E-state index < -0.39 is 5.60 Å². The number of esters is 1. The number of aryl methyl sites for hydroxylation is 2. The molecule has 0 N–H and O–H groups in total. The summed E-state index contributed by atoms with van der Waals surface area (Å²) >= 11 is 0. The van der Waals surface area contributed by atoms with Crippen molar-refractivity contribution in [2.24, 2.45) is 7.05 Å². The first-order chi connectivity index (χ1) is 9.28. The molecule has 0 spiro atoms. The van der Waals surface area contributed by atoms with Gasteiger partial charge in [0.05, 0.1) is 5.52 Å². The number of nitrogens with zero attached hydrogens (tertiary/aromatic N) is 3. The van der Waals surface area contributed by atoms with Crippen LogP contribution < -0.4 is 0 Å². The average molecular weight is 273 g/mol. The van der Waals surface area contributed by atoms with Crippen molar-refractivity contribution >= 4 is 23.1 Å². The van der Waals surface area contributed by atoms with E-state index in [9.17, 15) is 4.79 Å². The minimum atomic E-state index is -0.481. The predicted molar refractivity (Wildman–Crippen MR) is 78.1 cm³/mol. The van der Waals surface area contributed by atoms with Crippen molar-refractivity contribution in [1.29, 1.82) is 0 Å². The van der Waals surface area contributed by atoms with E-state index in [-0.39, 0.29) is 5.97 Å². The van der Waals surface area contributed by atoms with Crippen LogP contribution in [0.1, 0.15) is 31.9 Å². The number of ether oxygens (including phenoxy) is 1. The molecule has 5 nitrogen and oxygen atoms in total. The monoisotopic (exact) mass is 273 g/mol. The summed E-state index contributed by atoms with van der Waals surface area (Å²) in [5, 5.41) is 8.12. The number of hydrogen-bond acceptors (Lipinski definition) is 4. The highest BCUT2D eigenvalue weighted by Gasteiger charge is 2.14. The molecular weight excluding hydrogens is 254 g/mol. The standard InChI is InChI=1S/C15H19N3O2/c1-10-11(7-9-13(19)20-15(2,3)4)6-8-12-14(10)16-17-18(12)5/h6-9H,1-5H3/b9-7+. The SMILES string of the molecule is Cc1c(/C=C/C(=O)OC(C)(C)C)ccc2c1nnn2C. The maximum Gasteiger partial charge on any atom is 0.331 e. The van der Waals surface area contributed by atoms with Crippen LogP contribution in [-0.2, 0) is 16.6 Å². The number of benzene rings is 1. The van der Waals surface area contributed by atoms with Gasteiger partial charge >= 0.3 is 5.97 Å². The Kier molecular flexibility index (Phi) is 3.61. The third-order valence-electron chi connectivity index (χ3n) is 2.88. The van der Waals surface area contributed by atoms with Gasteiger partial charge in [-0.05, 0) is 51.0 Å². The van der Waals surface area contributed by atoms with Crippen LogP contribution in [0.2, 0.25) is 0 Å². The second kappa shape index (κ2) is 5.07. The molecule has 0 saturated carbocycles. The minimum absolute atomic E-state index is 0.351. The van der Waals surface area contributed by atoms with Gasteiger partial charge in [0.1, 0.15) is 11.1 Å². The molecule has 1 heterocycles. The second-order valence-electron chi connectivity index (χ2n) is 5.73. The fourth-order valence-electron chi connectivity index (χ4n) is 1.92. The van der Waals surface area contributed by atoms with Crippen LogP contribution in [-0.4, -0.2) is 26.6 Å². The highest BCUT2D eigenvalue weighted by Crippen LogP contribution is 2.20. The molecule has 0 atom stereocenters. The lowest BCUT2D eigenvalue weighted by atomic mass is 10.1. The zero-order valence-electron chi connectivity index (χ0n) is 12.5. The Labute approximate surface area is 118 Å². The summed E-state index contributed by atoms with van der Waals surface area (Å²) in [6, 6.07) is 3.89. The fourth-order valence-corrected chi connectivity index (χ4v) is 1.92. The molecule has 2 aromatic rings. The number of rotatable bonds is 2. The number of aromatic nitrogens is 3. The number of carbonyl (C=O) groups is 1. The summed E-state index contributed by atoms with van der Waals surface area (Å²) in [5.74, 6) is -0.351. The van der Waals surface area contributed by atoms with E-state index in [1.54, 1.807) is 10.8 Å². The molecule has 0 saturated heterocycles. The van der Waals surface area contributed by atoms with Gasteiger partial charge in [0.15, 0.2) is 0 Å². The molecule has 106 valence electrons. The van der Waals surface area contributed by atoms with Crippen molar-refractivity contribution in [2.75, 3.05) is 0 Å². The van der Waals surface area contributed by atoms with Crippen molar-refractivity contribution in [1.82, 2.24) is 15.0 Å². The third kappa shape index (κ3) is 3.04. The molecule has 0 unspecified atom stereocenters. The summed E-state index contributed by atoms with van der Waals surface area (Å²) in [5.41, 5.74) is 3.26. The summed E-state index contributed by atoms with van der Waals surface area (Å²) < 4.78 is 6.96. The molecule has 0 aliphatic heterocycles.